The molecular formula is C20H32N2O2. The summed E-state index contributed by atoms with van der Waals surface area (Å²) >= 11 is 0. The Morgan fingerprint density at radius 2 is 1.54 bits per heavy atom. The molecule has 1 N–H and O–H groups in total. The fraction of sp³-hybridized carbons (Fsp3) is 0.600. The lowest BCUT2D eigenvalue weighted by Crippen LogP contribution is -2.55. The summed E-state index contributed by atoms with van der Waals surface area (Å²) in [4.78, 5) is 24.9. The topological polar surface area (TPSA) is 49.4 Å². The van der Waals surface area contributed by atoms with Crippen LogP contribution in [0.3, 0.4) is 0 Å². The van der Waals surface area contributed by atoms with Crippen molar-refractivity contribution in [3.8, 4) is 0 Å². The molecule has 0 saturated carbocycles. The highest BCUT2D eigenvalue weighted by molar-refractivity contribution is 5.95. The third kappa shape index (κ3) is 7.16. The summed E-state index contributed by atoms with van der Waals surface area (Å²) in [5, 5.41) is 1.48. The van der Waals surface area contributed by atoms with Gasteiger partial charge >= 0.3 is 0 Å². The Balaban J connectivity index is 2.56. The molecule has 0 aliphatic rings. The fourth-order valence-corrected chi connectivity index (χ4v) is 2.53. The molecule has 0 aliphatic carbocycles. The molecule has 1 aromatic carbocycles. The first-order valence-electron chi connectivity index (χ1n) is 9.05. The quantitative estimate of drug-likeness (QED) is 0.553. The van der Waals surface area contributed by atoms with Gasteiger partial charge in [-0.2, -0.15) is 0 Å². The Labute approximate surface area is 146 Å². The average Bonchev–Trinajstić information content (AvgIpc) is 2.55. The van der Waals surface area contributed by atoms with Crippen LogP contribution in [0.5, 0.6) is 0 Å². The minimum Gasteiger partial charge on any atom is -0.273 e. The van der Waals surface area contributed by atoms with Crippen molar-refractivity contribution in [1.29, 1.82) is 0 Å². The van der Waals surface area contributed by atoms with Gasteiger partial charge in [0, 0.05) is 12.0 Å². The summed E-state index contributed by atoms with van der Waals surface area (Å²) in [5.41, 5.74) is 2.88. The lowest BCUT2D eigenvalue weighted by Gasteiger charge is -2.35. The number of nitrogens with one attached hydrogen (secondary N) is 1. The van der Waals surface area contributed by atoms with E-state index in [1.54, 1.807) is 12.1 Å². The highest BCUT2D eigenvalue weighted by Crippen LogP contribution is 2.15. The van der Waals surface area contributed by atoms with Gasteiger partial charge in [0.2, 0.25) is 5.91 Å². The Bertz CT molecular complexity index is 506. The van der Waals surface area contributed by atoms with Crippen LogP contribution in [0, 0.1) is 0 Å². The third-order valence-corrected chi connectivity index (χ3v) is 3.91. The number of hydrazine groups is 1. The number of nitrogens with zero attached hydrogens (tertiary/aromatic N) is 1. The molecule has 0 saturated heterocycles. The molecule has 2 amide bonds. The van der Waals surface area contributed by atoms with E-state index in [2.05, 4.69) is 12.3 Å². The minimum atomic E-state index is -0.455. The zero-order valence-electron chi connectivity index (χ0n) is 15.6. The molecule has 0 radical (unpaired) electrons. The molecule has 0 aromatic heterocycles. The molecule has 24 heavy (non-hydrogen) atoms. The van der Waals surface area contributed by atoms with Crippen molar-refractivity contribution in [2.75, 3.05) is 0 Å². The van der Waals surface area contributed by atoms with E-state index < -0.39 is 5.54 Å². The molecular weight excluding hydrogens is 300 g/mol. The van der Waals surface area contributed by atoms with Gasteiger partial charge in [-0.05, 0) is 39.3 Å². The number of hydrogen-bond donors (Lipinski definition) is 1. The molecule has 0 heterocycles. The first kappa shape index (κ1) is 20.2. The molecule has 134 valence electrons. The number of amides is 2. The molecule has 1 rings (SSSR count). The van der Waals surface area contributed by atoms with E-state index in [9.17, 15) is 9.59 Å². The van der Waals surface area contributed by atoms with E-state index in [0.29, 0.717) is 12.0 Å². The van der Waals surface area contributed by atoms with Crippen LogP contribution >= 0.6 is 0 Å². The van der Waals surface area contributed by atoms with E-state index in [4.69, 9.17) is 0 Å². The molecule has 0 atom stereocenters. The number of benzene rings is 1. The zero-order valence-corrected chi connectivity index (χ0v) is 15.6. The molecule has 4 heteroatoms. The molecule has 0 spiro atoms. The maximum Gasteiger partial charge on any atom is 0.269 e. The maximum atomic E-state index is 12.6. The largest absolute Gasteiger partial charge is 0.273 e. The van der Waals surface area contributed by atoms with E-state index in [0.717, 1.165) is 12.8 Å². The van der Waals surface area contributed by atoms with Crippen LogP contribution in [0.4, 0.5) is 0 Å². The summed E-state index contributed by atoms with van der Waals surface area (Å²) in [6.45, 7) is 7.98. The number of carbonyl (C=O) groups is 2. The predicted octanol–water partition coefficient (Wildman–Crippen LogP) is 4.71. The number of rotatable bonds is 8. The van der Waals surface area contributed by atoms with Gasteiger partial charge in [0.1, 0.15) is 0 Å². The summed E-state index contributed by atoms with van der Waals surface area (Å²) in [7, 11) is 0. The SMILES string of the molecule is CCCCCCCCC(=O)N(NC(=O)c1ccccc1)C(C)(C)C. The Kier molecular flexibility index (Phi) is 8.51. The monoisotopic (exact) mass is 332 g/mol. The van der Waals surface area contributed by atoms with Crippen molar-refractivity contribution in [2.24, 2.45) is 0 Å². The van der Waals surface area contributed by atoms with E-state index >= 15 is 0 Å². The number of carbonyl (C=O) groups excluding carboxylic acids is 2. The smallest absolute Gasteiger partial charge is 0.269 e. The summed E-state index contributed by atoms with van der Waals surface area (Å²) in [6.07, 6.45) is 7.30. The number of hydrogen-bond acceptors (Lipinski definition) is 2. The van der Waals surface area contributed by atoms with Crippen LogP contribution in [0.2, 0.25) is 0 Å². The summed E-state index contributed by atoms with van der Waals surface area (Å²) < 4.78 is 0. The van der Waals surface area contributed by atoms with Crippen LogP contribution in [-0.4, -0.2) is 22.4 Å². The molecule has 4 nitrogen and oxygen atoms in total. The standard InChI is InChI=1S/C20H32N2O2/c1-5-6-7-8-9-13-16-18(23)22(20(2,3)4)21-19(24)17-14-11-10-12-15-17/h10-12,14-15H,5-9,13,16H2,1-4H3,(H,21,24). The first-order chi connectivity index (χ1) is 11.4. The van der Waals surface area contributed by atoms with Gasteiger partial charge in [-0.15, -0.1) is 0 Å². The van der Waals surface area contributed by atoms with Gasteiger partial charge < -0.3 is 0 Å². The van der Waals surface area contributed by atoms with Crippen molar-refractivity contribution in [1.82, 2.24) is 10.4 Å². The lowest BCUT2D eigenvalue weighted by molar-refractivity contribution is -0.139. The second kappa shape index (κ2) is 10.1. The van der Waals surface area contributed by atoms with Gasteiger partial charge in [0.05, 0.1) is 5.54 Å². The highest BCUT2D eigenvalue weighted by Gasteiger charge is 2.28. The van der Waals surface area contributed by atoms with Crippen molar-refractivity contribution in [3.05, 3.63) is 35.9 Å². The lowest BCUT2D eigenvalue weighted by atomic mass is 10.1. The maximum absolute atomic E-state index is 12.6. The molecule has 0 fully saturated rings. The van der Waals surface area contributed by atoms with Crippen LogP contribution < -0.4 is 5.43 Å². The van der Waals surface area contributed by atoms with Crippen LogP contribution in [-0.2, 0) is 4.79 Å². The third-order valence-electron chi connectivity index (χ3n) is 3.91. The summed E-state index contributed by atoms with van der Waals surface area (Å²) in [5.74, 6) is -0.274. The predicted molar refractivity (Wildman–Crippen MR) is 98.5 cm³/mol. The zero-order chi connectivity index (χ0) is 18.0. The molecule has 0 bridgehead atoms. The molecule has 1 aromatic rings. The van der Waals surface area contributed by atoms with Crippen molar-refractivity contribution >= 4 is 11.8 Å². The fourth-order valence-electron chi connectivity index (χ4n) is 2.53. The first-order valence-corrected chi connectivity index (χ1v) is 9.05. The van der Waals surface area contributed by atoms with Gasteiger partial charge in [-0.3, -0.25) is 15.0 Å². The molecule has 0 aliphatic heterocycles. The second-order valence-corrected chi connectivity index (χ2v) is 7.22. The van der Waals surface area contributed by atoms with E-state index in [1.807, 2.05) is 39.0 Å². The highest BCUT2D eigenvalue weighted by atomic mass is 16.2. The summed E-state index contributed by atoms with van der Waals surface area (Å²) in [6, 6.07) is 8.98. The van der Waals surface area contributed by atoms with Gasteiger partial charge in [-0.1, -0.05) is 57.2 Å². The van der Waals surface area contributed by atoms with Gasteiger partial charge in [-0.25, -0.2) is 5.01 Å². The van der Waals surface area contributed by atoms with Crippen molar-refractivity contribution in [3.63, 3.8) is 0 Å². The Morgan fingerprint density at radius 1 is 0.958 bits per heavy atom. The average molecular weight is 332 g/mol. The van der Waals surface area contributed by atoms with Crippen LogP contribution in [0.15, 0.2) is 30.3 Å². The Hall–Kier alpha value is -1.84. The van der Waals surface area contributed by atoms with Crippen molar-refractivity contribution < 1.29 is 9.59 Å². The normalized spacial score (nSPS) is 11.2. The van der Waals surface area contributed by atoms with Crippen LogP contribution in [0.1, 0.15) is 83.0 Å². The van der Waals surface area contributed by atoms with Gasteiger partial charge in [0.25, 0.3) is 5.91 Å². The second-order valence-electron chi connectivity index (χ2n) is 7.22. The van der Waals surface area contributed by atoms with E-state index in [1.165, 1.54) is 30.7 Å². The van der Waals surface area contributed by atoms with Gasteiger partial charge in [0.15, 0.2) is 0 Å². The van der Waals surface area contributed by atoms with E-state index in [-0.39, 0.29) is 11.8 Å². The minimum absolute atomic E-state index is 0.0257. The van der Waals surface area contributed by atoms with Crippen molar-refractivity contribution in [2.45, 2.75) is 78.2 Å². The van der Waals surface area contributed by atoms with Crippen LogP contribution in [0.25, 0.3) is 0 Å². The Morgan fingerprint density at radius 3 is 2.12 bits per heavy atom. The number of unbranched alkanes of at least 4 members (excludes halogenated alkanes) is 5. The molecule has 0 unspecified atom stereocenters.